The largest absolute Gasteiger partial charge is 0.497 e. The Morgan fingerprint density at radius 1 is 1.05 bits per heavy atom. The molecule has 0 spiro atoms. The van der Waals surface area contributed by atoms with Gasteiger partial charge in [-0.25, -0.2) is 13.1 Å². The Balaban J connectivity index is 1.43. The van der Waals surface area contributed by atoms with Gasteiger partial charge in [-0.05, 0) is 79.8 Å². The van der Waals surface area contributed by atoms with Crippen molar-refractivity contribution < 1.29 is 22.4 Å². The number of sulfonamides is 1. The fraction of sp³-hybridized carbons (Fsp3) is 0.276. The van der Waals surface area contributed by atoms with Crippen molar-refractivity contribution in [2.24, 2.45) is 5.92 Å². The van der Waals surface area contributed by atoms with Gasteiger partial charge in [0.05, 0.1) is 23.6 Å². The monoisotopic (exact) mass is 520 g/mol. The maximum atomic E-state index is 13.1. The van der Waals surface area contributed by atoms with E-state index < -0.39 is 16.1 Å². The summed E-state index contributed by atoms with van der Waals surface area (Å²) in [4.78, 5) is 16.5. The van der Waals surface area contributed by atoms with E-state index in [0.29, 0.717) is 34.6 Å². The van der Waals surface area contributed by atoms with Gasteiger partial charge in [0.2, 0.25) is 10.0 Å². The van der Waals surface area contributed by atoms with Gasteiger partial charge < -0.3 is 14.1 Å². The van der Waals surface area contributed by atoms with E-state index in [4.69, 9.17) is 9.15 Å². The van der Waals surface area contributed by atoms with Gasteiger partial charge in [-0.2, -0.15) is 0 Å². The Hall–Kier alpha value is -3.62. The molecule has 0 bridgehead atoms. The Morgan fingerprint density at radius 2 is 1.73 bits per heavy atom. The zero-order valence-electron chi connectivity index (χ0n) is 21.7. The lowest BCUT2D eigenvalue weighted by Gasteiger charge is -2.16. The number of carbonyl (C=O) groups is 1. The van der Waals surface area contributed by atoms with Crippen LogP contribution in [0, 0.1) is 19.8 Å². The first-order chi connectivity index (χ1) is 17.6. The van der Waals surface area contributed by atoms with E-state index >= 15 is 0 Å². The van der Waals surface area contributed by atoms with Crippen molar-refractivity contribution in [1.82, 2.24) is 9.71 Å². The summed E-state index contributed by atoms with van der Waals surface area (Å²) in [5.74, 6) is 0.652. The van der Waals surface area contributed by atoms with Crippen molar-refractivity contribution in [1.29, 1.82) is 0 Å². The number of aryl methyl sites for hydroxylation is 2. The molecule has 2 heterocycles. The molecule has 0 amide bonds. The van der Waals surface area contributed by atoms with E-state index in [-0.39, 0.29) is 16.6 Å². The van der Waals surface area contributed by atoms with Crippen molar-refractivity contribution in [3.05, 3.63) is 95.1 Å². The summed E-state index contributed by atoms with van der Waals surface area (Å²) in [7, 11) is -2.29. The van der Waals surface area contributed by atoms with Gasteiger partial charge >= 0.3 is 0 Å². The minimum atomic E-state index is -3.83. The Kier molecular flexibility index (Phi) is 7.71. The van der Waals surface area contributed by atoms with Gasteiger partial charge in [-0.1, -0.05) is 31.2 Å². The van der Waals surface area contributed by atoms with Crippen LogP contribution in [0.2, 0.25) is 0 Å². The van der Waals surface area contributed by atoms with Crippen molar-refractivity contribution in [3.63, 3.8) is 0 Å². The first-order valence-corrected chi connectivity index (χ1v) is 13.6. The zero-order valence-corrected chi connectivity index (χ0v) is 22.5. The number of methoxy groups -OCH3 is 1. The molecule has 2 atom stereocenters. The molecule has 8 heteroatoms. The van der Waals surface area contributed by atoms with Gasteiger partial charge in [0, 0.05) is 17.8 Å². The first-order valence-electron chi connectivity index (χ1n) is 12.1. The lowest BCUT2D eigenvalue weighted by molar-refractivity contribution is 0.0928. The average Bonchev–Trinajstić information content (AvgIpc) is 3.56. The summed E-state index contributed by atoms with van der Waals surface area (Å²) in [5.41, 5.74) is 4.79. The summed E-state index contributed by atoms with van der Waals surface area (Å²) in [6, 6.07) is 16.4. The third-order valence-electron chi connectivity index (χ3n) is 6.45. The number of furan rings is 1. The quantitative estimate of drug-likeness (QED) is 0.250. The third kappa shape index (κ3) is 5.87. The van der Waals surface area contributed by atoms with Crippen LogP contribution < -0.4 is 9.46 Å². The summed E-state index contributed by atoms with van der Waals surface area (Å²) in [5, 5.41) is 0. The number of aromatic nitrogens is 1. The lowest BCUT2D eigenvalue weighted by Crippen LogP contribution is -2.28. The molecule has 2 N–H and O–H groups in total. The van der Waals surface area contributed by atoms with Gasteiger partial charge in [-0.3, -0.25) is 4.79 Å². The van der Waals surface area contributed by atoms with Crippen LogP contribution in [0.1, 0.15) is 52.7 Å². The minimum absolute atomic E-state index is 0.0552. The highest BCUT2D eigenvalue weighted by Gasteiger charge is 2.26. The normalized spacial score (nSPS) is 13.3. The van der Waals surface area contributed by atoms with Crippen LogP contribution >= 0.6 is 0 Å². The molecule has 0 aliphatic carbocycles. The van der Waals surface area contributed by atoms with Crippen molar-refractivity contribution in [2.45, 2.75) is 45.1 Å². The first kappa shape index (κ1) is 26.4. The van der Waals surface area contributed by atoms with Crippen LogP contribution in [0.4, 0.5) is 0 Å². The van der Waals surface area contributed by atoms with E-state index in [1.165, 1.54) is 6.26 Å². The van der Waals surface area contributed by atoms with Crippen LogP contribution in [-0.4, -0.2) is 26.3 Å². The molecule has 0 saturated heterocycles. The number of Topliss-reactive ketones (excluding diaryl/α,β-unsaturated/α-hetero) is 1. The number of rotatable bonds is 10. The van der Waals surface area contributed by atoms with E-state index in [1.807, 2.05) is 49.5 Å². The highest BCUT2D eigenvalue weighted by Crippen LogP contribution is 2.28. The van der Waals surface area contributed by atoms with Gasteiger partial charge in [0.1, 0.15) is 17.8 Å². The predicted octanol–water partition coefficient (Wildman–Crippen LogP) is 6.00. The number of ether oxygens (including phenoxy) is 1. The van der Waals surface area contributed by atoms with Crippen molar-refractivity contribution in [2.75, 3.05) is 7.11 Å². The molecular formula is C29H32N2O5S. The van der Waals surface area contributed by atoms with Crippen LogP contribution in [0.3, 0.4) is 0 Å². The number of H-pyrrole nitrogens is 1. The van der Waals surface area contributed by atoms with Gasteiger partial charge in [-0.15, -0.1) is 0 Å². The number of hydrogen-bond donors (Lipinski definition) is 2. The van der Waals surface area contributed by atoms with Crippen molar-refractivity contribution >= 4 is 15.8 Å². The molecule has 4 aromatic rings. The van der Waals surface area contributed by atoms with E-state index in [0.717, 1.165) is 16.8 Å². The molecule has 4 rings (SSSR count). The second-order valence-electron chi connectivity index (χ2n) is 9.42. The van der Waals surface area contributed by atoms with Crippen LogP contribution in [0.25, 0.3) is 11.3 Å². The van der Waals surface area contributed by atoms with Crippen LogP contribution in [0.15, 0.2) is 76.4 Å². The number of carbonyl (C=O) groups excluding carboxylic acids is 1. The molecular weight excluding hydrogens is 488 g/mol. The standard InChI is InChI=1S/C29H32N2O5S/c1-18(13-22-8-10-23(11-9-22)26-7-6-12-30-26)28(32)24-16-27(36-17-24)21(4)31-37(33,34)29-19(2)14-25(35-5)15-20(29)3/h6-12,14-18,21,30-31H,13H2,1-5H3. The molecule has 2 aromatic heterocycles. The molecule has 0 radical (unpaired) electrons. The van der Waals surface area contributed by atoms with Gasteiger partial charge in [0.15, 0.2) is 5.78 Å². The highest BCUT2D eigenvalue weighted by molar-refractivity contribution is 7.89. The molecule has 0 aliphatic rings. The predicted molar refractivity (Wildman–Crippen MR) is 143 cm³/mol. The molecule has 0 fully saturated rings. The number of hydrogen-bond acceptors (Lipinski definition) is 5. The molecule has 2 aromatic carbocycles. The molecule has 0 aliphatic heterocycles. The zero-order chi connectivity index (χ0) is 26.7. The summed E-state index contributed by atoms with van der Waals surface area (Å²) in [6.07, 6.45) is 3.87. The third-order valence-corrected chi connectivity index (χ3v) is 8.30. The average molecular weight is 521 g/mol. The Bertz CT molecular complexity index is 1460. The molecule has 37 heavy (non-hydrogen) atoms. The molecule has 194 valence electrons. The number of benzene rings is 2. The van der Waals surface area contributed by atoms with Crippen molar-refractivity contribution in [3.8, 4) is 17.0 Å². The highest BCUT2D eigenvalue weighted by atomic mass is 32.2. The molecule has 0 saturated carbocycles. The van der Waals surface area contributed by atoms with E-state index in [2.05, 4.69) is 9.71 Å². The maximum absolute atomic E-state index is 13.1. The minimum Gasteiger partial charge on any atom is -0.497 e. The number of nitrogens with one attached hydrogen (secondary N) is 2. The fourth-order valence-electron chi connectivity index (χ4n) is 4.57. The van der Waals surface area contributed by atoms with E-state index in [9.17, 15) is 13.2 Å². The maximum Gasteiger partial charge on any atom is 0.241 e. The summed E-state index contributed by atoms with van der Waals surface area (Å²) in [6.45, 7) is 7.03. The number of aromatic amines is 1. The van der Waals surface area contributed by atoms with Gasteiger partial charge in [0.25, 0.3) is 0 Å². The summed E-state index contributed by atoms with van der Waals surface area (Å²) >= 11 is 0. The smallest absolute Gasteiger partial charge is 0.241 e. The Labute approximate surface area is 217 Å². The lowest BCUT2D eigenvalue weighted by atomic mass is 9.93. The fourth-order valence-corrected chi connectivity index (χ4v) is 6.24. The topological polar surface area (TPSA) is 101 Å². The SMILES string of the molecule is COc1cc(C)c(S(=O)(=O)NC(C)c2cc(C(=O)C(C)Cc3ccc(-c4ccc[nH]4)cc3)co2)c(C)c1. The molecule has 2 unspecified atom stereocenters. The molecule has 7 nitrogen and oxygen atoms in total. The number of ketones is 1. The Morgan fingerprint density at radius 3 is 2.32 bits per heavy atom. The van der Waals surface area contributed by atoms with E-state index in [1.54, 1.807) is 46.1 Å². The van der Waals surface area contributed by atoms with Crippen LogP contribution in [0.5, 0.6) is 5.75 Å². The summed E-state index contributed by atoms with van der Waals surface area (Å²) < 4.78 is 39.8. The second-order valence-corrected chi connectivity index (χ2v) is 11.1. The second kappa shape index (κ2) is 10.8. The van der Waals surface area contributed by atoms with Crippen LogP contribution in [-0.2, 0) is 16.4 Å².